The summed E-state index contributed by atoms with van der Waals surface area (Å²) in [6.45, 7) is 1.95. The molecule has 0 saturated carbocycles. The van der Waals surface area contributed by atoms with Crippen LogP contribution in [0.5, 0.6) is 0 Å². The van der Waals surface area contributed by atoms with E-state index in [9.17, 15) is 5.26 Å². The number of benzene rings is 2. The third-order valence-corrected chi connectivity index (χ3v) is 4.11. The number of nitriles is 1. The van der Waals surface area contributed by atoms with E-state index in [1.54, 1.807) is 12.1 Å². The summed E-state index contributed by atoms with van der Waals surface area (Å²) in [6.07, 6.45) is 0. The molecule has 0 fully saturated rings. The molecule has 0 unspecified atom stereocenters. The second-order valence-electron chi connectivity index (χ2n) is 4.46. The van der Waals surface area contributed by atoms with Gasteiger partial charge in [-0.15, -0.1) is 0 Å². The van der Waals surface area contributed by atoms with Crippen LogP contribution in [0.1, 0.15) is 11.1 Å². The van der Waals surface area contributed by atoms with Crippen LogP contribution in [0.4, 0.5) is 11.4 Å². The van der Waals surface area contributed by atoms with E-state index in [4.69, 9.17) is 23.2 Å². The molecule has 0 aliphatic carbocycles. The van der Waals surface area contributed by atoms with Gasteiger partial charge in [-0.25, -0.2) is 0 Å². The van der Waals surface area contributed by atoms with Crippen molar-refractivity contribution in [3.8, 4) is 6.07 Å². The summed E-state index contributed by atoms with van der Waals surface area (Å²) in [5, 5.41) is 13.3. The summed E-state index contributed by atoms with van der Waals surface area (Å²) < 4.78 is 8.39. The average molecular weight is 335 g/mol. The lowest BCUT2D eigenvalue weighted by atomic mass is 10.1. The highest BCUT2D eigenvalue weighted by molar-refractivity contribution is 7.00. The van der Waals surface area contributed by atoms with Crippen molar-refractivity contribution in [1.29, 1.82) is 5.26 Å². The summed E-state index contributed by atoms with van der Waals surface area (Å²) in [5.41, 5.74) is 4.04. The Morgan fingerprint density at radius 3 is 2.67 bits per heavy atom. The zero-order chi connectivity index (χ0) is 15.0. The maximum Gasteiger partial charge on any atom is 0.131 e. The minimum Gasteiger partial charge on any atom is -0.351 e. The lowest BCUT2D eigenvalue weighted by molar-refractivity contribution is 1.41. The minimum atomic E-state index is 0.436. The molecular weight excluding hydrogens is 327 g/mol. The van der Waals surface area contributed by atoms with Gasteiger partial charge in [-0.1, -0.05) is 29.3 Å². The fourth-order valence-electron chi connectivity index (χ4n) is 1.99. The Kier molecular flexibility index (Phi) is 3.68. The van der Waals surface area contributed by atoms with Gasteiger partial charge in [0, 0.05) is 0 Å². The molecule has 0 spiro atoms. The lowest BCUT2D eigenvalue weighted by Gasteiger charge is -2.11. The molecule has 4 nitrogen and oxygen atoms in total. The predicted octanol–water partition coefficient (Wildman–Crippen LogP) is 4.92. The van der Waals surface area contributed by atoms with Gasteiger partial charge in [-0.3, -0.25) is 0 Å². The molecule has 1 aromatic heterocycles. The van der Waals surface area contributed by atoms with Crippen LogP contribution in [0, 0.1) is 18.3 Å². The summed E-state index contributed by atoms with van der Waals surface area (Å²) in [7, 11) is 0. The van der Waals surface area contributed by atoms with Crippen molar-refractivity contribution in [2.75, 3.05) is 5.32 Å². The van der Waals surface area contributed by atoms with E-state index in [1.807, 2.05) is 19.1 Å². The Hall–Kier alpha value is -1.87. The fourth-order valence-corrected chi connectivity index (χ4v) is 3.15. The first-order valence-electron chi connectivity index (χ1n) is 5.98. The minimum absolute atomic E-state index is 0.436. The van der Waals surface area contributed by atoms with Crippen LogP contribution in [-0.4, -0.2) is 8.75 Å². The average Bonchev–Trinajstić information content (AvgIpc) is 2.93. The van der Waals surface area contributed by atoms with Gasteiger partial charge in [-0.05, 0) is 30.7 Å². The number of anilines is 2. The Bertz CT molecular complexity index is 883. The van der Waals surface area contributed by atoms with Gasteiger partial charge >= 0.3 is 0 Å². The number of aryl methyl sites for hydroxylation is 1. The normalized spacial score (nSPS) is 10.6. The SMILES string of the molecule is Cc1ccc(C#N)c(Nc2c(Cl)cc(Cl)c3nsnc23)c1. The number of rotatable bonds is 2. The van der Waals surface area contributed by atoms with Crippen LogP contribution in [0.15, 0.2) is 24.3 Å². The van der Waals surface area contributed by atoms with Crippen molar-refractivity contribution in [2.45, 2.75) is 6.92 Å². The monoisotopic (exact) mass is 334 g/mol. The molecule has 0 radical (unpaired) electrons. The molecule has 0 saturated heterocycles. The largest absolute Gasteiger partial charge is 0.351 e. The summed E-state index contributed by atoms with van der Waals surface area (Å²) in [5.74, 6) is 0. The number of hydrogen-bond donors (Lipinski definition) is 1. The first-order chi connectivity index (χ1) is 10.1. The van der Waals surface area contributed by atoms with E-state index in [-0.39, 0.29) is 0 Å². The van der Waals surface area contributed by atoms with Gasteiger partial charge in [-0.2, -0.15) is 14.0 Å². The third kappa shape index (κ3) is 2.54. The molecule has 0 aliphatic heterocycles. The summed E-state index contributed by atoms with van der Waals surface area (Å²) in [6, 6.07) is 9.30. The maximum atomic E-state index is 9.20. The molecule has 3 rings (SSSR count). The topological polar surface area (TPSA) is 61.6 Å². The maximum absolute atomic E-state index is 9.20. The predicted molar refractivity (Wildman–Crippen MR) is 86.6 cm³/mol. The van der Waals surface area contributed by atoms with Gasteiger partial charge in [0.05, 0.1) is 38.7 Å². The number of nitrogens with one attached hydrogen (secondary N) is 1. The Morgan fingerprint density at radius 1 is 1.14 bits per heavy atom. The molecule has 7 heteroatoms. The first kappa shape index (κ1) is 14.1. The number of aromatic nitrogens is 2. The van der Waals surface area contributed by atoms with Crippen LogP contribution in [0.2, 0.25) is 10.0 Å². The molecule has 0 amide bonds. The van der Waals surface area contributed by atoms with Gasteiger partial charge in [0.1, 0.15) is 17.1 Å². The molecule has 1 heterocycles. The third-order valence-electron chi connectivity index (χ3n) is 3.00. The van der Waals surface area contributed by atoms with E-state index in [0.29, 0.717) is 38.0 Å². The molecular formula is C14H8Cl2N4S. The lowest BCUT2D eigenvalue weighted by Crippen LogP contribution is -1.96. The number of halogens is 2. The Labute approximate surface area is 135 Å². The molecule has 2 aromatic carbocycles. The van der Waals surface area contributed by atoms with Gasteiger partial charge in [0.15, 0.2) is 0 Å². The molecule has 0 aliphatic rings. The van der Waals surface area contributed by atoms with E-state index in [0.717, 1.165) is 17.3 Å². The van der Waals surface area contributed by atoms with E-state index >= 15 is 0 Å². The van der Waals surface area contributed by atoms with Crippen molar-refractivity contribution in [1.82, 2.24) is 8.75 Å². The summed E-state index contributed by atoms with van der Waals surface area (Å²) in [4.78, 5) is 0. The Balaban J connectivity index is 2.17. The number of nitrogens with zero attached hydrogens (tertiary/aromatic N) is 3. The van der Waals surface area contributed by atoms with Gasteiger partial charge in [0.25, 0.3) is 0 Å². The van der Waals surface area contributed by atoms with Gasteiger partial charge in [0.2, 0.25) is 0 Å². The van der Waals surface area contributed by atoms with E-state index in [1.165, 1.54) is 0 Å². The fraction of sp³-hybridized carbons (Fsp3) is 0.0714. The Morgan fingerprint density at radius 2 is 1.90 bits per heavy atom. The smallest absolute Gasteiger partial charge is 0.131 e. The zero-order valence-corrected chi connectivity index (χ0v) is 13.1. The quantitative estimate of drug-likeness (QED) is 0.722. The van der Waals surface area contributed by atoms with E-state index in [2.05, 4.69) is 20.1 Å². The summed E-state index contributed by atoms with van der Waals surface area (Å²) >= 11 is 13.4. The van der Waals surface area contributed by atoms with Crippen molar-refractivity contribution in [3.05, 3.63) is 45.4 Å². The zero-order valence-electron chi connectivity index (χ0n) is 10.8. The molecule has 1 N–H and O–H groups in total. The molecule has 3 aromatic rings. The van der Waals surface area contributed by atoms with Crippen LogP contribution < -0.4 is 5.32 Å². The second kappa shape index (κ2) is 5.49. The number of fused-ring (bicyclic) bond motifs is 1. The second-order valence-corrected chi connectivity index (χ2v) is 5.81. The standard InChI is InChI=1S/C14H8Cl2N4S/c1-7-2-3-8(6-17)11(4-7)18-12-9(15)5-10(16)13-14(12)20-21-19-13/h2-5,18H,1H3. The van der Waals surface area contributed by atoms with E-state index < -0.39 is 0 Å². The van der Waals surface area contributed by atoms with Gasteiger partial charge < -0.3 is 5.32 Å². The van der Waals surface area contributed by atoms with Crippen LogP contribution in [0.25, 0.3) is 11.0 Å². The molecule has 0 bridgehead atoms. The highest BCUT2D eigenvalue weighted by Crippen LogP contribution is 2.37. The van der Waals surface area contributed by atoms with Crippen molar-refractivity contribution in [3.63, 3.8) is 0 Å². The van der Waals surface area contributed by atoms with Crippen molar-refractivity contribution in [2.24, 2.45) is 0 Å². The molecule has 21 heavy (non-hydrogen) atoms. The number of hydrogen-bond acceptors (Lipinski definition) is 5. The highest BCUT2D eigenvalue weighted by atomic mass is 35.5. The van der Waals surface area contributed by atoms with Crippen LogP contribution in [-0.2, 0) is 0 Å². The van der Waals surface area contributed by atoms with Crippen LogP contribution in [0.3, 0.4) is 0 Å². The first-order valence-corrected chi connectivity index (χ1v) is 7.47. The molecule has 104 valence electrons. The highest BCUT2D eigenvalue weighted by Gasteiger charge is 2.15. The van der Waals surface area contributed by atoms with Crippen molar-refractivity contribution < 1.29 is 0 Å². The van der Waals surface area contributed by atoms with Crippen LogP contribution >= 0.6 is 34.9 Å². The van der Waals surface area contributed by atoms with Crippen molar-refractivity contribution >= 4 is 57.3 Å². The molecule has 0 atom stereocenters.